The Kier molecular flexibility index (Phi) is 5.06. The molecule has 1 saturated carbocycles. The summed E-state index contributed by atoms with van der Waals surface area (Å²) in [5, 5.41) is 10.5. The van der Waals surface area contributed by atoms with Gasteiger partial charge in [-0.15, -0.1) is 0 Å². The molecule has 1 aromatic heterocycles. The highest BCUT2D eigenvalue weighted by atomic mass is 16.2. The second kappa shape index (κ2) is 7.23. The van der Waals surface area contributed by atoms with Gasteiger partial charge in [0.2, 0.25) is 11.8 Å². The largest absolute Gasteiger partial charge is 0.371 e. The summed E-state index contributed by atoms with van der Waals surface area (Å²) in [7, 11) is 0. The van der Waals surface area contributed by atoms with Crippen LogP contribution in [0.3, 0.4) is 0 Å². The van der Waals surface area contributed by atoms with Gasteiger partial charge < -0.3 is 15.5 Å². The molecule has 2 heterocycles. The third-order valence-electron chi connectivity index (χ3n) is 4.86. The van der Waals surface area contributed by atoms with Crippen molar-refractivity contribution in [1.29, 1.82) is 0 Å². The number of carbonyl (C=O) groups is 2. The van der Waals surface area contributed by atoms with Gasteiger partial charge in [0.25, 0.3) is 0 Å². The lowest BCUT2D eigenvalue weighted by Crippen LogP contribution is -2.37. The highest BCUT2D eigenvalue weighted by Crippen LogP contribution is 2.19. The second-order valence-electron chi connectivity index (χ2n) is 7.09. The summed E-state index contributed by atoms with van der Waals surface area (Å²) in [5.74, 6) is 0.135. The van der Waals surface area contributed by atoms with Crippen LogP contribution < -0.4 is 10.6 Å². The number of likely N-dealkylation sites (tertiary alicyclic amines) is 1. The first kappa shape index (κ1) is 16.8. The third kappa shape index (κ3) is 3.88. The van der Waals surface area contributed by atoms with Crippen molar-refractivity contribution >= 4 is 17.5 Å². The van der Waals surface area contributed by atoms with Crippen LogP contribution in [-0.2, 0) is 16.1 Å². The topological polar surface area (TPSA) is 79.3 Å². The Morgan fingerprint density at radius 2 is 2.08 bits per heavy atom. The summed E-state index contributed by atoms with van der Waals surface area (Å²) in [4.78, 5) is 26.2. The van der Waals surface area contributed by atoms with Crippen molar-refractivity contribution < 1.29 is 9.59 Å². The van der Waals surface area contributed by atoms with Crippen LogP contribution in [0.4, 0.5) is 5.69 Å². The highest BCUT2D eigenvalue weighted by Gasteiger charge is 2.33. The predicted octanol–water partition coefficient (Wildman–Crippen LogP) is 1.36. The van der Waals surface area contributed by atoms with Crippen molar-refractivity contribution in [2.75, 3.05) is 11.9 Å². The van der Waals surface area contributed by atoms with E-state index in [9.17, 15) is 9.59 Å². The smallest absolute Gasteiger partial charge is 0.245 e. The Bertz CT molecular complexity index is 592. The molecule has 0 bridgehead atoms. The SMILES string of the molecule is CC(C)N1CCC(Nc2cnn(CC(=O)NC3CCCC3)c2)C1=O. The van der Waals surface area contributed by atoms with Gasteiger partial charge in [0, 0.05) is 24.8 Å². The van der Waals surface area contributed by atoms with Gasteiger partial charge in [0.15, 0.2) is 0 Å². The molecule has 2 amide bonds. The first-order valence-corrected chi connectivity index (χ1v) is 8.92. The first-order chi connectivity index (χ1) is 11.5. The van der Waals surface area contributed by atoms with E-state index in [2.05, 4.69) is 15.7 Å². The molecule has 1 saturated heterocycles. The summed E-state index contributed by atoms with van der Waals surface area (Å²) < 4.78 is 1.62. The molecule has 1 unspecified atom stereocenters. The molecule has 0 radical (unpaired) electrons. The molecule has 7 heteroatoms. The molecule has 7 nitrogen and oxygen atoms in total. The Hall–Kier alpha value is -2.05. The summed E-state index contributed by atoms with van der Waals surface area (Å²) in [6, 6.07) is 0.354. The number of nitrogens with one attached hydrogen (secondary N) is 2. The normalized spacial score (nSPS) is 21.7. The molecule has 1 aromatic rings. The minimum absolute atomic E-state index is 0.000485. The first-order valence-electron chi connectivity index (χ1n) is 8.92. The van der Waals surface area contributed by atoms with Gasteiger partial charge in [-0.3, -0.25) is 14.3 Å². The van der Waals surface area contributed by atoms with Gasteiger partial charge in [-0.05, 0) is 33.1 Å². The minimum atomic E-state index is -0.197. The van der Waals surface area contributed by atoms with E-state index < -0.39 is 0 Å². The molecular weight excluding hydrogens is 306 g/mol. The lowest BCUT2D eigenvalue weighted by atomic mass is 10.2. The average molecular weight is 333 g/mol. The summed E-state index contributed by atoms with van der Waals surface area (Å²) in [6.07, 6.45) is 8.81. The maximum atomic E-state index is 12.3. The number of hydrogen-bond acceptors (Lipinski definition) is 4. The van der Waals surface area contributed by atoms with Gasteiger partial charge in [0.05, 0.1) is 11.9 Å². The van der Waals surface area contributed by atoms with Gasteiger partial charge >= 0.3 is 0 Å². The molecule has 2 N–H and O–H groups in total. The van der Waals surface area contributed by atoms with E-state index in [1.54, 1.807) is 17.1 Å². The van der Waals surface area contributed by atoms with Crippen molar-refractivity contribution in [2.45, 2.75) is 70.6 Å². The number of rotatable bonds is 6. The lowest BCUT2D eigenvalue weighted by molar-refractivity contribution is -0.129. The van der Waals surface area contributed by atoms with E-state index in [0.717, 1.165) is 31.5 Å². The van der Waals surface area contributed by atoms with Crippen LogP contribution in [0.25, 0.3) is 0 Å². The summed E-state index contributed by atoms with van der Waals surface area (Å²) in [5.41, 5.74) is 0.785. The zero-order chi connectivity index (χ0) is 17.1. The van der Waals surface area contributed by atoms with Crippen LogP contribution in [0, 0.1) is 0 Å². The van der Waals surface area contributed by atoms with E-state index in [-0.39, 0.29) is 30.4 Å². The van der Waals surface area contributed by atoms with E-state index in [4.69, 9.17) is 0 Å². The van der Waals surface area contributed by atoms with Crippen molar-refractivity contribution in [3.63, 3.8) is 0 Å². The maximum absolute atomic E-state index is 12.3. The zero-order valence-corrected chi connectivity index (χ0v) is 14.5. The Labute approximate surface area is 142 Å². The predicted molar refractivity (Wildman–Crippen MR) is 91.5 cm³/mol. The molecule has 1 aliphatic carbocycles. The number of aromatic nitrogens is 2. The summed E-state index contributed by atoms with van der Waals surface area (Å²) >= 11 is 0. The average Bonchev–Trinajstić information content (AvgIpc) is 3.23. The van der Waals surface area contributed by atoms with Crippen molar-refractivity contribution in [2.24, 2.45) is 0 Å². The fourth-order valence-corrected chi connectivity index (χ4v) is 3.56. The Balaban J connectivity index is 1.50. The van der Waals surface area contributed by atoms with Crippen LogP contribution >= 0.6 is 0 Å². The number of carbonyl (C=O) groups excluding carboxylic acids is 2. The van der Waals surface area contributed by atoms with Crippen LogP contribution in [0.2, 0.25) is 0 Å². The molecule has 0 aromatic carbocycles. The Morgan fingerprint density at radius 1 is 1.33 bits per heavy atom. The zero-order valence-electron chi connectivity index (χ0n) is 14.5. The standard InChI is InChI=1S/C17H27N5O2/c1-12(2)22-8-7-15(17(22)24)19-14-9-18-21(10-14)11-16(23)20-13-5-3-4-6-13/h9-10,12-13,15,19H,3-8,11H2,1-2H3,(H,20,23). The van der Waals surface area contributed by atoms with E-state index in [1.807, 2.05) is 18.7 Å². The fraction of sp³-hybridized carbons (Fsp3) is 0.706. The molecule has 132 valence electrons. The van der Waals surface area contributed by atoms with E-state index >= 15 is 0 Å². The van der Waals surface area contributed by atoms with Crippen molar-refractivity contribution in [3.8, 4) is 0 Å². The molecule has 24 heavy (non-hydrogen) atoms. The highest BCUT2D eigenvalue weighted by molar-refractivity contribution is 5.86. The van der Waals surface area contributed by atoms with E-state index in [1.165, 1.54) is 12.8 Å². The Morgan fingerprint density at radius 3 is 2.75 bits per heavy atom. The number of anilines is 1. The van der Waals surface area contributed by atoms with Gasteiger partial charge in [-0.2, -0.15) is 5.10 Å². The molecule has 0 spiro atoms. The van der Waals surface area contributed by atoms with Crippen molar-refractivity contribution in [1.82, 2.24) is 20.0 Å². The number of amides is 2. The van der Waals surface area contributed by atoms with Gasteiger partial charge in [0.1, 0.15) is 12.6 Å². The van der Waals surface area contributed by atoms with Crippen LogP contribution in [-0.4, -0.2) is 51.2 Å². The quantitative estimate of drug-likeness (QED) is 0.824. The molecule has 3 rings (SSSR count). The lowest BCUT2D eigenvalue weighted by Gasteiger charge is -2.21. The minimum Gasteiger partial charge on any atom is -0.371 e. The van der Waals surface area contributed by atoms with Crippen LogP contribution in [0.15, 0.2) is 12.4 Å². The summed E-state index contributed by atoms with van der Waals surface area (Å²) in [6.45, 7) is 5.06. The van der Waals surface area contributed by atoms with Gasteiger partial charge in [-0.1, -0.05) is 12.8 Å². The van der Waals surface area contributed by atoms with Crippen LogP contribution in [0.1, 0.15) is 46.0 Å². The van der Waals surface area contributed by atoms with Crippen molar-refractivity contribution in [3.05, 3.63) is 12.4 Å². The molecule has 2 fully saturated rings. The van der Waals surface area contributed by atoms with Gasteiger partial charge in [-0.25, -0.2) is 0 Å². The molecule has 1 aliphatic heterocycles. The van der Waals surface area contributed by atoms with Crippen LogP contribution in [0.5, 0.6) is 0 Å². The molecular formula is C17H27N5O2. The monoisotopic (exact) mass is 333 g/mol. The number of nitrogens with zero attached hydrogens (tertiary/aromatic N) is 3. The number of hydrogen-bond donors (Lipinski definition) is 2. The maximum Gasteiger partial charge on any atom is 0.245 e. The second-order valence-corrected chi connectivity index (χ2v) is 7.09. The molecule has 1 atom stereocenters. The molecule has 2 aliphatic rings. The van der Waals surface area contributed by atoms with E-state index in [0.29, 0.717) is 6.04 Å². The fourth-order valence-electron chi connectivity index (χ4n) is 3.56. The third-order valence-corrected chi connectivity index (χ3v) is 4.86.